The Morgan fingerprint density at radius 3 is 2.46 bits per heavy atom. The lowest BCUT2D eigenvalue weighted by Crippen LogP contribution is -2.20. The first-order chi connectivity index (χ1) is 12.3. The fraction of sp³-hybridized carbons (Fsp3) is 0.167. The molecule has 0 unspecified atom stereocenters. The number of ketones is 1. The van der Waals surface area contributed by atoms with E-state index in [-0.39, 0.29) is 16.5 Å². The van der Waals surface area contributed by atoms with Crippen LogP contribution in [0.1, 0.15) is 21.5 Å². The molecular formula is C18H17N3O4S. The summed E-state index contributed by atoms with van der Waals surface area (Å²) in [5.74, 6) is -1.45. The van der Waals surface area contributed by atoms with Gasteiger partial charge >= 0.3 is 0 Å². The third-order valence-corrected chi connectivity index (χ3v) is 5.44. The van der Waals surface area contributed by atoms with E-state index in [1.54, 1.807) is 25.1 Å². The highest BCUT2D eigenvalue weighted by atomic mass is 32.2. The number of hydrogen-bond donors (Lipinski definition) is 1. The molecule has 134 valence electrons. The highest BCUT2D eigenvalue weighted by molar-refractivity contribution is 7.92. The average molecular weight is 371 g/mol. The number of rotatable bonds is 5. The van der Waals surface area contributed by atoms with Gasteiger partial charge in [-0.1, -0.05) is 29.8 Å². The minimum atomic E-state index is -4.02. The molecule has 0 aliphatic rings. The van der Waals surface area contributed by atoms with E-state index in [1.165, 1.54) is 23.0 Å². The molecule has 0 fully saturated rings. The molecule has 1 heterocycles. The number of phenols is 1. The molecule has 0 spiro atoms. The lowest BCUT2D eigenvalue weighted by molar-refractivity contribution is 0.102. The van der Waals surface area contributed by atoms with Gasteiger partial charge in [-0.3, -0.25) is 9.36 Å². The van der Waals surface area contributed by atoms with E-state index >= 15 is 0 Å². The summed E-state index contributed by atoms with van der Waals surface area (Å²) in [6, 6.07) is 11.5. The number of phenolic OH excluding ortho intramolecular Hbond substituents is 1. The molecule has 0 saturated carbocycles. The van der Waals surface area contributed by atoms with Crippen LogP contribution >= 0.6 is 0 Å². The van der Waals surface area contributed by atoms with Crippen LogP contribution in [0.3, 0.4) is 0 Å². The van der Waals surface area contributed by atoms with Gasteiger partial charge in [0, 0.05) is 11.3 Å². The molecule has 0 bridgehead atoms. The van der Waals surface area contributed by atoms with Gasteiger partial charge in [0.05, 0.1) is 0 Å². The number of aromatic nitrogens is 3. The average Bonchev–Trinajstić information content (AvgIpc) is 3.08. The van der Waals surface area contributed by atoms with Crippen molar-refractivity contribution in [1.29, 1.82) is 0 Å². The van der Waals surface area contributed by atoms with E-state index in [2.05, 4.69) is 10.2 Å². The minimum absolute atomic E-state index is 0.0592. The lowest BCUT2D eigenvalue weighted by Gasteiger charge is -2.08. The summed E-state index contributed by atoms with van der Waals surface area (Å²) < 4.78 is 26.7. The Kier molecular flexibility index (Phi) is 4.60. The van der Waals surface area contributed by atoms with Crippen molar-refractivity contribution >= 4 is 15.6 Å². The third-order valence-electron chi connectivity index (χ3n) is 3.96. The Labute approximate surface area is 150 Å². The topological polar surface area (TPSA) is 102 Å². The number of benzene rings is 2. The van der Waals surface area contributed by atoms with Gasteiger partial charge < -0.3 is 5.11 Å². The second-order valence-corrected chi connectivity index (χ2v) is 7.89. The SMILES string of the molecule is Cc1ccc(-n2cnnc2S(=O)(=O)CC(=O)c2ccc(C)c(O)c2)cc1. The van der Waals surface area contributed by atoms with Crippen molar-refractivity contribution in [3.05, 3.63) is 65.5 Å². The van der Waals surface area contributed by atoms with Crippen molar-refractivity contribution in [2.45, 2.75) is 19.0 Å². The van der Waals surface area contributed by atoms with Gasteiger partial charge in [0.1, 0.15) is 17.8 Å². The zero-order valence-electron chi connectivity index (χ0n) is 14.2. The molecule has 1 N–H and O–H groups in total. The largest absolute Gasteiger partial charge is 0.508 e. The first kappa shape index (κ1) is 17.8. The molecule has 7 nitrogen and oxygen atoms in total. The maximum Gasteiger partial charge on any atom is 0.254 e. The van der Waals surface area contributed by atoms with E-state index in [4.69, 9.17) is 0 Å². The highest BCUT2D eigenvalue weighted by Crippen LogP contribution is 2.20. The lowest BCUT2D eigenvalue weighted by atomic mass is 10.1. The number of aryl methyl sites for hydroxylation is 2. The predicted molar refractivity (Wildman–Crippen MR) is 95.3 cm³/mol. The smallest absolute Gasteiger partial charge is 0.254 e. The quantitative estimate of drug-likeness (QED) is 0.690. The summed E-state index contributed by atoms with van der Waals surface area (Å²) in [7, 11) is -4.02. The van der Waals surface area contributed by atoms with Crippen LogP contribution in [0.15, 0.2) is 53.9 Å². The van der Waals surface area contributed by atoms with Crippen LogP contribution in [0.4, 0.5) is 0 Å². The molecule has 3 rings (SSSR count). The van der Waals surface area contributed by atoms with E-state index in [1.807, 2.05) is 19.1 Å². The van der Waals surface area contributed by atoms with Crippen LogP contribution in [-0.4, -0.2) is 39.8 Å². The predicted octanol–water partition coefficient (Wildman–Crippen LogP) is 2.25. The Morgan fingerprint density at radius 1 is 1.12 bits per heavy atom. The highest BCUT2D eigenvalue weighted by Gasteiger charge is 2.26. The van der Waals surface area contributed by atoms with Gasteiger partial charge in [-0.2, -0.15) is 0 Å². The van der Waals surface area contributed by atoms with Crippen molar-refractivity contribution < 1.29 is 18.3 Å². The Bertz CT molecular complexity index is 1070. The van der Waals surface area contributed by atoms with Crippen molar-refractivity contribution in [2.24, 2.45) is 0 Å². The van der Waals surface area contributed by atoms with Crippen molar-refractivity contribution in [1.82, 2.24) is 14.8 Å². The molecule has 0 saturated heterocycles. The number of Topliss-reactive ketones (excluding diaryl/α,β-unsaturated/α-hetero) is 1. The summed E-state index contributed by atoms with van der Waals surface area (Å²) in [5.41, 5.74) is 2.33. The van der Waals surface area contributed by atoms with Crippen LogP contribution in [0.5, 0.6) is 5.75 Å². The molecule has 8 heteroatoms. The molecule has 0 atom stereocenters. The Hall–Kier alpha value is -3.00. The molecular weight excluding hydrogens is 354 g/mol. The van der Waals surface area contributed by atoms with Crippen LogP contribution < -0.4 is 0 Å². The number of carbonyl (C=O) groups is 1. The van der Waals surface area contributed by atoms with E-state index in [0.29, 0.717) is 11.3 Å². The number of nitrogens with zero attached hydrogens (tertiary/aromatic N) is 3. The van der Waals surface area contributed by atoms with Crippen LogP contribution in [0.2, 0.25) is 0 Å². The maximum atomic E-state index is 12.7. The zero-order valence-corrected chi connectivity index (χ0v) is 15.1. The maximum absolute atomic E-state index is 12.7. The van der Waals surface area contributed by atoms with Gasteiger partial charge in [0.25, 0.3) is 5.16 Å². The van der Waals surface area contributed by atoms with Gasteiger partial charge in [-0.25, -0.2) is 8.42 Å². The van der Waals surface area contributed by atoms with E-state index in [0.717, 1.165) is 5.56 Å². The first-order valence-corrected chi connectivity index (χ1v) is 9.46. The van der Waals surface area contributed by atoms with Crippen molar-refractivity contribution in [3.8, 4) is 11.4 Å². The molecule has 0 amide bonds. The second-order valence-electron chi connectivity index (χ2n) is 6.00. The van der Waals surface area contributed by atoms with Crippen LogP contribution in [-0.2, 0) is 9.84 Å². The summed E-state index contributed by atoms with van der Waals surface area (Å²) in [6.45, 7) is 3.60. The third kappa shape index (κ3) is 3.50. The molecule has 1 aromatic heterocycles. The minimum Gasteiger partial charge on any atom is -0.508 e. The molecule has 2 aromatic carbocycles. The van der Waals surface area contributed by atoms with Crippen LogP contribution in [0, 0.1) is 13.8 Å². The second kappa shape index (κ2) is 6.72. The van der Waals surface area contributed by atoms with Crippen LogP contribution in [0.25, 0.3) is 5.69 Å². The molecule has 0 aliphatic heterocycles. The fourth-order valence-electron chi connectivity index (χ4n) is 2.42. The fourth-order valence-corrected chi connectivity index (χ4v) is 3.69. The summed E-state index contributed by atoms with van der Waals surface area (Å²) in [6.07, 6.45) is 1.29. The standard InChI is InChI=1S/C18H17N3O4S/c1-12-3-7-15(8-4-12)21-11-19-20-18(21)26(24,25)10-17(23)14-6-5-13(2)16(22)9-14/h3-9,11,22H,10H2,1-2H3. The summed E-state index contributed by atoms with van der Waals surface area (Å²) in [4.78, 5) is 12.4. The van der Waals surface area contributed by atoms with Gasteiger partial charge in [0.2, 0.25) is 9.84 Å². The van der Waals surface area contributed by atoms with Crippen molar-refractivity contribution in [3.63, 3.8) is 0 Å². The molecule has 3 aromatic rings. The summed E-state index contributed by atoms with van der Waals surface area (Å²) in [5, 5.41) is 16.8. The number of carbonyl (C=O) groups excluding carboxylic acids is 1. The van der Waals surface area contributed by atoms with E-state index < -0.39 is 21.4 Å². The van der Waals surface area contributed by atoms with Gasteiger partial charge in [-0.05, 0) is 37.6 Å². The summed E-state index contributed by atoms with van der Waals surface area (Å²) >= 11 is 0. The molecule has 0 aliphatic carbocycles. The number of sulfone groups is 1. The Balaban J connectivity index is 1.92. The number of aromatic hydroxyl groups is 1. The van der Waals surface area contributed by atoms with Gasteiger partial charge in [-0.15, -0.1) is 10.2 Å². The first-order valence-electron chi connectivity index (χ1n) is 7.80. The van der Waals surface area contributed by atoms with Crippen molar-refractivity contribution in [2.75, 3.05) is 5.75 Å². The van der Waals surface area contributed by atoms with Gasteiger partial charge in [0.15, 0.2) is 5.78 Å². The van der Waals surface area contributed by atoms with E-state index in [9.17, 15) is 18.3 Å². The Morgan fingerprint density at radius 2 is 1.81 bits per heavy atom. The molecule has 0 radical (unpaired) electrons. The number of hydrogen-bond acceptors (Lipinski definition) is 6. The normalized spacial score (nSPS) is 11.5. The molecule has 26 heavy (non-hydrogen) atoms. The monoisotopic (exact) mass is 371 g/mol. The zero-order chi connectivity index (χ0) is 18.9.